The Balaban J connectivity index is 2.76. The van der Waals surface area contributed by atoms with Crippen LogP contribution >= 0.6 is 12.6 Å². The van der Waals surface area contributed by atoms with Crippen LogP contribution in [0.25, 0.3) is 11.0 Å². The van der Waals surface area contributed by atoms with Crippen molar-refractivity contribution in [1.29, 1.82) is 0 Å². The molecular weight excluding hydrogens is 156 g/mol. The number of rotatable bonds is 1. The van der Waals surface area contributed by atoms with E-state index in [1.54, 1.807) is 6.26 Å². The largest absolute Gasteiger partial charge is 0.464 e. The average molecular weight is 164 g/mol. The number of para-hydroxylation sites is 1. The second-order valence-corrected chi connectivity index (χ2v) is 2.73. The van der Waals surface area contributed by atoms with Gasteiger partial charge in [0.05, 0.1) is 6.26 Å². The summed E-state index contributed by atoms with van der Waals surface area (Å²) in [6, 6.07) is 7.98. The van der Waals surface area contributed by atoms with Crippen molar-refractivity contribution in [2.75, 3.05) is 0 Å². The molecule has 1 nitrogen and oxygen atoms in total. The van der Waals surface area contributed by atoms with Crippen molar-refractivity contribution in [3.8, 4) is 0 Å². The van der Waals surface area contributed by atoms with Gasteiger partial charge in [0.2, 0.25) is 0 Å². The Labute approximate surface area is 70.4 Å². The summed E-state index contributed by atoms with van der Waals surface area (Å²) in [5.41, 5.74) is 2.10. The van der Waals surface area contributed by atoms with E-state index in [-0.39, 0.29) is 0 Å². The van der Waals surface area contributed by atoms with Gasteiger partial charge in [0.15, 0.2) is 0 Å². The monoisotopic (exact) mass is 164 g/mol. The third-order valence-corrected chi connectivity index (χ3v) is 2.07. The van der Waals surface area contributed by atoms with Crippen molar-refractivity contribution in [2.45, 2.75) is 5.75 Å². The fraction of sp³-hybridized carbons (Fsp3) is 0.111. The molecule has 0 aliphatic heterocycles. The fourth-order valence-electron chi connectivity index (χ4n) is 1.16. The molecule has 0 bridgehead atoms. The molecule has 0 unspecified atom stereocenters. The minimum Gasteiger partial charge on any atom is -0.464 e. The molecule has 0 saturated carbocycles. The number of hydrogen-bond donors (Lipinski definition) is 1. The summed E-state index contributed by atoms with van der Waals surface area (Å²) in [5, 5.41) is 1.17. The van der Waals surface area contributed by atoms with Crippen molar-refractivity contribution in [3.63, 3.8) is 0 Å². The maximum absolute atomic E-state index is 5.29. The van der Waals surface area contributed by atoms with Crippen LogP contribution < -0.4 is 0 Å². The Kier molecular flexibility index (Phi) is 1.62. The molecule has 56 valence electrons. The predicted octanol–water partition coefficient (Wildman–Crippen LogP) is 2.86. The molecule has 1 aromatic heterocycles. The zero-order valence-corrected chi connectivity index (χ0v) is 6.84. The molecule has 0 saturated heterocycles. The molecule has 11 heavy (non-hydrogen) atoms. The van der Waals surface area contributed by atoms with Crippen LogP contribution in [0.1, 0.15) is 5.56 Å². The molecule has 2 aromatic rings. The number of fused-ring (bicyclic) bond motifs is 1. The first kappa shape index (κ1) is 6.80. The van der Waals surface area contributed by atoms with E-state index in [9.17, 15) is 0 Å². The molecule has 0 fully saturated rings. The van der Waals surface area contributed by atoms with Crippen LogP contribution in [0.4, 0.5) is 0 Å². The quantitative estimate of drug-likeness (QED) is 0.639. The molecule has 1 aromatic carbocycles. The Morgan fingerprint density at radius 3 is 2.91 bits per heavy atom. The van der Waals surface area contributed by atoms with E-state index in [0.29, 0.717) is 0 Å². The summed E-state index contributed by atoms with van der Waals surface area (Å²) in [4.78, 5) is 0. The van der Waals surface area contributed by atoms with Crippen molar-refractivity contribution in [3.05, 3.63) is 36.1 Å². The number of hydrogen-bond acceptors (Lipinski definition) is 2. The van der Waals surface area contributed by atoms with Gasteiger partial charge in [-0.15, -0.1) is 0 Å². The van der Waals surface area contributed by atoms with Crippen molar-refractivity contribution >= 4 is 23.6 Å². The van der Waals surface area contributed by atoms with E-state index < -0.39 is 0 Å². The molecule has 0 aliphatic rings. The molecule has 2 rings (SSSR count). The molecule has 0 amide bonds. The lowest BCUT2D eigenvalue weighted by Gasteiger charge is -1.88. The summed E-state index contributed by atoms with van der Waals surface area (Å²) >= 11 is 4.19. The third kappa shape index (κ3) is 1.03. The highest BCUT2D eigenvalue weighted by molar-refractivity contribution is 7.79. The molecule has 0 atom stereocenters. The van der Waals surface area contributed by atoms with E-state index in [4.69, 9.17) is 4.42 Å². The first-order chi connectivity index (χ1) is 5.42. The summed E-state index contributed by atoms with van der Waals surface area (Å²) in [6.45, 7) is 0. The van der Waals surface area contributed by atoms with Crippen molar-refractivity contribution < 1.29 is 4.42 Å². The maximum atomic E-state index is 5.29. The van der Waals surface area contributed by atoms with E-state index in [0.717, 1.165) is 16.9 Å². The van der Waals surface area contributed by atoms with E-state index in [2.05, 4.69) is 12.6 Å². The fourth-order valence-corrected chi connectivity index (χ4v) is 1.40. The topological polar surface area (TPSA) is 13.1 Å². The highest BCUT2D eigenvalue weighted by Gasteiger charge is 2.00. The van der Waals surface area contributed by atoms with Crippen molar-refractivity contribution in [2.24, 2.45) is 0 Å². The lowest BCUT2D eigenvalue weighted by atomic mass is 10.2. The van der Waals surface area contributed by atoms with Crippen LogP contribution in [0.2, 0.25) is 0 Å². The van der Waals surface area contributed by atoms with Gasteiger partial charge in [0, 0.05) is 16.7 Å². The molecule has 0 aliphatic carbocycles. The predicted molar refractivity (Wildman–Crippen MR) is 48.9 cm³/mol. The van der Waals surface area contributed by atoms with E-state index in [1.165, 1.54) is 5.39 Å². The summed E-state index contributed by atoms with van der Waals surface area (Å²) in [5.74, 6) is 0.733. The van der Waals surface area contributed by atoms with Gasteiger partial charge in [-0.25, -0.2) is 0 Å². The number of benzene rings is 1. The zero-order chi connectivity index (χ0) is 7.68. The standard InChI is InChI=1S/C9H8OS/c11-6-7-5-10-9-4-2-1-3-8(7)9/h1-5,11H,6H2. The first-order valence-electron chi connectivity index (χ1n) is 3.48. The van der Waals surface area contributed by atoms with Crippen LogP contribution in [0.5, 0.6) is 0 Å². The normalized spacial score (nSPS) is 10.6. The summed E-state index contributed by atoms with van der Waals surface area (Å²) in [6.07, 6.45) is 1.76. The second-order valence-electron chi connectivity index (χ2n) is 2.42. The molecule has 0 spiro atoms. The SMILES string of the molecule is SCc1coc2ccccc12. The van der Waals surface area contributed by atoms with Gasteiger partial charge in [-0.05, 0) is 6.07 Å². The van der Waals surface area contributed by atoms with Crippen LogP contribution in [-0.2, 0) is 5.75 Å². The average Bonchev–Trinajstić information content (AvgIpc) is 2.47. The Morgan fingerprint density at radius 1 is 1.27 bits per heavy atom. The second kappa shape index (κ2) is 2.62. The van der Waals surface area contributed by atoms with E-state index >= 15 is 0 Å². The summed E-state index contributed by atoms with van der Waals surface area (Å²) in [7, 11) is 0. The number of furan rings is 1. The summed E-state index contributed by atoms with van der Waals surface area (Å²) < 4.78 is 5.29. The lowest BCUT2D eigenvalue weighted by molar-refractivity contribution is 0.613. The van der Waals surface area contributed by atoms with Crippen LogP contribution in [0.15, 0.2) is 34.9 Å². The third-order valence-electron chi connectivity index (χ3n) is 1.73. The number of thiol groups is 1. The van der Waals surface area contributed by atoms with E-state index in [1.807, 2.05) is 24.3 Å². The van der Waals surface area contributed by atoms with Crippen molar-refractivity contribution in [1.82, 2.24) is 0 Å². The van der Waals surface area contributed by atoms with Gasteiger partial charge >= 0.3 is 0 Å². The minimum absolute atomic E-state index is 0.733. The smallest absolute Gasteiger partial charge is 0.134 e. The van der Waals surface area contributed by atoms with Crippen LogP contribution in [0.3, 0.4) is 0 Å². The Morgan fingerprint density at radius 2 is 2.09 bits per heavy atom. The van der Waals surface area contributed by atoms with Gasteiger partial charge in [0.25, 0.3) is 0 Å². The van der Waals surface area contributed by atoms with Gasteiger partial charge in [-0.1, -0.05) is 18.2 Å². The Bertz CT molecular complexity index is 364. The minimum atomic E-state index is 0.733. The van der Waals surface area contributed by atoms with Crippen LogP contribution in [-0.4, -0.2) is 0 Å². The molecule has 1 heterocycles. The maximum Gasteiger partial charge on any atom is 0.134 e. The zero-order valence-electron chi connectivity index (χ0n) is 5.95. The first-order valence-corrected chi connectivity index (χ1v) is 4.11. The highest BCUT2D eigenvalue weighted by atomic mass is 32.1. The van der Waals surface area contributed by atoms with Gasteiger partial charge in [0.1, 0.15) is 5.58 Å². The Hall–Kier alpha value is -0.890. The van der Waals surface area contributed by atoms with Crippen LogP contribution in [0, 0.1) is 0 Å². The van der Waals surface area contributed by atoms with Gasteiger partial charge in [-0.2, -0.15) is 12.6 Å². The molecule has 2 heteroatoms. The molecule has 0 radical (unpaired) electrons. The molecular formula is C9H8OS. The molecule has 0 N–H and O–H groups in total. The highest BCUT2D eigenvalue weighted by Crippen LogP contribution is 2.21. The van der Waals surface area contributed by atoms with Gasteiger partial charge < -0.3 is 4.42 Å². The van der Waals surface area contributed by atoms with Gasteiger partial charge in [-0.3, -0.25) is 0 Å². The lowest BCUT2D eigenvalue weighted by Crippen LogP contribution is -1.70.